The number of nitrogens with zero attached hydrogens (tertiary/aromatic N) is 2. The Kier molecular flexibility index (Phi) is 5.69. The molecule has 2 aliphatic heterocycles. The molecule has 1 atom stereocenters. The third-order valence-electron chi connectivity index (χ3n) is 6.51. The van der Waals surface area contributed by atoms with E-state index in [1.165, 1.54) is 0 Å². The number of ketones is 1. The summed E-state index contributed by atoms with van der Waals surface area (Å²) in [6, 6.07) is 8.23. The maximum absolute atomic E-state index is 13.7. The van der Waals surface area contributed by atoms with Crippen LogP contribution in [0, 0.1) is 5.41 Å². The zero-order valence-electron chi connectivity index (χ0n) is 19.2. The molecule has 0 aromatic heterocycles. The molecule has 2 heterocycles. The lowest BCUT2D eigenvalue weighted by Gasteiger charge is -2.41. The molecule has 6 nitrogen and oxygen atoms in total. The van der Waals surface area contributed by atoms with Crippen LogP contribution in [-0.4, -0.2) is 57.0 Å². The summed E-state index contributed by atoms with van der Waals surface area (Å²) in [5, 5.41) is 3.46. The highest BCUT2D eigenvalue weighted by atomic mass is 16.5. The molecule has 166 valence electrons. The number of dihydropyridines is 1. The molecule has 1 N–H and O–H groups in total. The lowest BCUT2D eigenvalue weighted by molar-refractivity contribution is -0.131. The van der Waals surface area contributed by atoms with Crippen molar-refractivity contribution in [2.24, 2.45) is 5.41 Å². The lowest BCUT2D eigenvalue weighted by atomic mass is 9.68. The van der Waals surface area contributed by atoms with Gasteiger partial charge in [0.2, 0.25) is 0 Å². The van der Waals surface area contributed by atoms with Gasteiger partial charge >= 0.3 is 0 Å². The highest BCUT2D eigenvalue weighted by molar-refractivity contribution is 6.05. The molecule has 31 heavy (non-hydrogen) atoms. The number of anilines is 1. The number of morpholine rings is 1. The molecule has 1 aliphatic carbocycles. The topological polar surface area (TPSA) is 61.9 Å². The van der Waals surface area contributed by atoms with Crippen LogP contribution in [0.2, 0.25) is 0 Å². The number of nitrogens with one attached hydrogen (secondary N) is 1. The van der Waals surface area contributed by atoms with Crippen molar-refractivity contribution in [3.63, 3.8) is 0 Å². The standard InChI is InChI=1S/C25H33N3O3/c1-16-21(24(30)28-10-12-31-13-11-28)22(17-6-8-18(9-7-17)27(4)5)23-19(26-16)14-25(2,3)15-20(23)29/h6-9,22,26H,10-15H2,1-5H3/t22-/m1/s1. The van der Waals surface area contributed by atoms with Gasteiger partial charge < -0.3 is 19.9 Å². The summed E-state index contributed by atoms with van der Waals surface area (Å²) >= 11 is 0. The van der Waals surface area contributed by atoms with Gasteiger partial charge in [-0.15, -0.1) is 0 Å². The molecule has 0 radical (unpaired) electrons. The molecule has 3 aliphatic rings. The van der Waals surface area contributed by atoms with Gasteiger partial charge in [-0.2, -0.15) is 0 Å². The van der Waals surface area contributed by atoms with Crippen molar-refractivity contribution in [2.75, 3.05) is 45.3 Å². The van der Waals surface area contributed by atoms with Gasteiger partial charge in [-0.1, -0.05) is 26.0 Å². The smallest absolute Gasteiger partial charge is 0.252 e. The second kappa shape index (κ2) is 8.15. The summed E-state index contributed by atoms with van der Waals surface area (Å²) in [6.45, 7) is 8.48. The lowest BCUT2D eigenvalue weighted by Crippen LogP contribution is -2.45. The van der Waals surface area contributed by atoms with Crippen molar-refractivity contribution < 1.29 is 14.3 Å². The molecule has 4 rings (SSSR count). The molecule has 1 saturated heterocycles. The Labute approximate surface area is 184 Å². The van der Waals surface area contributed by atoms with E-state index in [9.17, 15) is 9.59 Å². The van der Waals surface area contributed by atoms with E-state index < -0.39 is 0 Å². The molecule has 0 spiro atoms. The molecular weight excluding hydrogens is 390 g/mol. The zero-order chi connectivity index (χ0) is 22.3. The molecule has 6 heteroatoms. The van der Waals surface area contributed by atoms with E-state index in [4.69, 9.17) is 4.74 Å². The average Bonchev–Trinajstić information content (AvgIpc) is 2.72. The Morgan fingerprint density at radius 2 is 1.77 bits per heavy atom. The van der Waals surface area contributed by atoms with E-state index in [-0.39, 0.29) is 23.0 Å². The van der Waals surface area contributed by atoms with E-state index in [1.807, 2.05) is 30.8 Å². The van der Waals surface area contributed by atoms with Crippen LogP contribution in [0.4, 0.5) is 5.69 Å². The van der Waals surface area contributed by atoms with Gasteiger partial charge in [-0.05, 0) is 36.5 Å². The highest BCUT2D eigenvalue weighted by Gasteiger charge is 2.43. The second-order valence-electron chi connectivity index (χ2n) is 9.82. The predicted octanol–water partition coefficient (Wildman–Crippen LogP) is 3.22. The third-order valence-corrected chi connectivity index (χ3v) is 6.51. The maximum Gasteiger partial charge on any atom is 0.252 e. The summed E-state index contributed by atoms with van der Waals surface area (Å²) in [5.41, 5.74) is 5.26. The van der Waals surface area contributed by atoms with Crippen molar-refractivity contribution in [1.29, 1.82) is 0 Å². The largest absolute Gasteiger partial charge is 0.378 e. The first-order chi connectivity index (χ1) is 14.7. The Morgan fingerprint density at radius 1 is 1.13 bits per heavy atom. The molecule has 1 fully saturated rings. The van der Waals surface area contributed by atoms with Crippen molar-refractivity contribution in [1.82, 2.24) is 10.2 Å². The van der Waals surface area contributed by atoms with Crippen LogP contribution in [0.1, 0.15) is 45.1 Å². The van der Waals surface area contributed by atoms with Crippen molar-refractivity contribution in [2.45, 2.75) is 39.5 Å². The fourth-order valence-corrected chi connectivity index (χ4v) is 4.95. The number of hydrogen-bond donors (Lipinski definition) is 1. The number of rotatable bonds is 3. The summed E-state index contributed by atoms with van der Waals surface area (Å²) < 4.78 is 5.44. The third kappa shape index (κ3) is 4.13. The van der Waals surface area contributed by atoms with Gasteiger partial charge in [-0.3, -0.25) is 9.59 Å². The molecule has 0 bridgehead atoms. The van der Waals surface area contributed by atoms with Crippen LogP contribution in [0.3, 0.4) is 0 Å². The summed E-state index contributed by atoms with van der Waals surface area (Å²) in [5.74, 6) is -0.203. The maximum atomic E-state index is 13.7. The molecule has 0 saturated carbocycles. The number of Topliss-reactive ketones (excluding diaryl/α,β-unsaturated/α-hetero) is 1. The van der Waals surface area contributed by atoms with Crippen LogP contribution in [0.25, 0.3) is 0 Å². The number of carbonyl (C=O) groups excluding carboxylic acids is 2. The van der Waals surface area contributed by atoms with Gasteiger partial charge in [0.25, 0.3) is 5.91 Å². The molecular formula is C25H33N3O3. The Bertz CT molecular complexity index is 951. The second-order valence-corrected chi connectivity index (χ2v) is 9.82. The molecule has 1 aromatic rings. The molecule has 1 aromatic carbocycles. The number of carbonyl (C=O) groups is 2. The van der Waals surface area contributed by atoms with Crippen LogP contribution in [-0.2, 0) is 14.3 Å². The first kappa shape index (κ1) is 21.6. The van der Waals surface area contributed by atoms with Gasteiger partial charge in [0.05, 0.1) is 13.2 Å². The zero-order valence-corrected chi connectivity index (χ0v) is 19.2. The van der Waals surface area contributed by atoms with Gasteiger partial charge in [-0.25, -0.2) is 0 Å². The Morgan fingerprint density at radius 3 is 2.39 bits per heavy atom. The summed E-state index contributed by atoms with van der Waals surface area (Å²) in [4.78, 5) is 30.9. The average molecular weight is 424 g/mol. The van der Waals surface area contributed by atoms with E-state index in [1.54, 1.807) is 0 Å². The SMILES string of the molecule is CC1=C(C(=O)N2CCOCC2)[C@@H](c2ccc(N(C)C)cc2)C2=C(CC(C)(C)CC2=O)N1. The van der Waals surface area contributed by atoms with Crippen LogP contribution >= 0.6 is 0 Å². The van der Waals surface area contributed by atoms with Crippen LogP contribution in [0.5, 0.6) is 0 Å². The number of benzene rings is 1. The Balaban J connectivity index is 1.81. The quantitative estimate of drug-likeness (QED) is 0.809. The minimum absolute atomic E-state index is 0.000769. The monoisotopic (exact) mass is 423 g/mol. The normalized spacial score (nSPS) is 23.5. The van der Waals surface area contributed by atoms with E-state index in [0.717, 1.165) is 34.6 Å². The highest BCUT2D eigenvalue weighted by Crippen LogP contribution is 2.47. The van der Waals surface area contributed by atoms with Gasteiger partial charge in [0, 0.05) is 67.8 Å². The molecule has 0 unspecified atom stereocenters. The van der Waals surface area contributed by atoms with Crippen molar-refractivity contribution >= 4 is 17.4 Å². The number of amides is 1. The van der Waals surface area contributed by atoms with Crippen LogP contribution in [0.15, 0.2) is 46.8 Å². The van der Waals surface area contributed by atoms with Crippen molar-refractivity contribution in [3.8, 4) is 0 Å². The van der Waals surface area contributed by atoms with Crippen LogP contribution < -0.4 is 10.2 Å². The fourth-order valence-electron chi connectivity index (χ4n) is 4.95. The minimum atomic E-state index is -0.341. The summed E-state index contributed by atoms with van der Waals surface area (Å²) in [6.07, 6.45) is 1.30. The van der Waals surface area contributed by atoms with Gasteiger partial charge in [0.15, 0.2) is 5.78 Å². The Hall–Kier alpha value is -2.60. The number of ether oxygens (including phenoxy) is 1. The first-order valence-corrected chi connectivity index (χ1v) is 11.1. The van der Waals surface area contributed by atoms with E-state index in [0.29, 0.717) is 38.3 Å². The fraction of sp³-hybridized carbons (Fsp3) is 0.520. The molecule has 1 amide bonds. The van der Waals surface area contributed by atoms with Gasteiger partial charge in [0.1, 0.15) is 0 Å². The van der Waals surface area contributed by atoms with E-state index >= 15 is 0 Å². The van der Waals surface area contributed by atoms with Crippen molar-refractivity contribution in [3.05, 3.63) is 52.4 Å². The minimum Gasteiger partial charge on any atom is -0.378 e. The summed E-state index contributed by atoms with van der Waals surface area (Å²) in [7, 11) is 4.01. The number of hydrogen-bond acceptors (Lipinski definition) is 5. The predicted molar refractivity (Wildman–Crippen MR) is 122 cm³/mol. The first-order valence-electron chi connectivity index (χ1n) is 11.1. The van der Waals surface area contributed by atoms with E-state index in [2.05, 4.69) is 43.4 Å². The number of allylic oxidation sites excluding steroid dienone is 3.